The van der Waals surface area contributed by atoms with Crippen LogP contribution in [0.25, 0.3) is 65.9 Å². The average Bonchev–Trinajstić information content (AvgIpc) is 3.35. The smallest absolute Gasteiger partial charge is 0.238 e. The molecule has 0 bridgehead atoms. The maximum Gasteiger partial charge on any atom is 0.238 e. The van der Waals surface area contributed by atoms with E-state index in [1.165, 1.54) is 68.4 Å². The van der Waals surface area contributed by atoms with E-state index >= 15 is 0 Å². The lowest BCUT2D eigenvalue weighted by Crippen LogP contribution is -2.19. The summed E-state index contributed by atoms with van der Waals surface area (Å²) >= 11 is 3.74. The lowest BCUT2D eigenvalue weighted by atomic mass is 9.96. The summed E-state index contributed by atoms with van der Waals surface area (Å²) in [4.78, 5) is 22.6. The van der Waals surface area contributed by atoms with Gasteiger partial charge in [0.05, 0.1) is 11.4 Å². The van der Waals surface area contributed by atoms with Crippen LogP contribution in [-0.2, 0) is 6.42 Å². The van der Waals surface area contributed by atoms with E-state index in [9.17, 15) is 0 Å². The van der Waals surface area contributed by atoms with E-state index in [4.69, 9.17) is 15.0 Å². The largest absolute Gasteiger partial charge is 0.276 e. The molecule has 0 spiro atoms. The maximum atomic E-state index is 5.13. The number of hydrogen-bond acceptors (Lipinski definition) is 6. The summed E-state index contributed by atoms with van der Waals surface area (Å²) in [5.41, 5.74) is 6.99. The predicted octanol–water partition coefficient (Wildman–Crippen LogP) is 15.5. The number of nitrogens with zero attached hydrogens (tertiary/aromatic N) is 4. The Labute approximate surface area is 368 Å². The quantitative estimate of drug-likeness (QED) is 0.177. The Morgan fingerprint density at radius 2 is 0.839 bits per heavy atom. The summed E-state index contributed by atoms with van der Waals surface area (Å²) in [6, 6.07) is 72.7. The fraction of sp³-hybridized carbons (Fsp3) is 0.0179. The number of hydrogen-bond donors (Lipinski definition) is 0. The Hall–Kier alpha value is -7.25. The standard InChI is InChI=1S/C35H22N4S.C21H14S/c1-3-13-25(14-4-1)33-36-34(26-15-5-2-6-16-26)38-35(37-33)39-29-21-19-24-12-8-10-18-28(24)32(29)40-30-22-20-23-11-7-9-17-27(23)31(30)39;1-3-7-17-14(5-1)11-12-20-19(17)13-16-10-9-15-6-2-4-8-18(15)21(16)22-20/h1-22H;1-12H,13H2. The van der Waals surface area contributed by atoms with Crippen molar-refractivity contribution in [2.45, 2.75) is 26.0 Å². The van der Waals surface area contributed by atoms with Crippen molar-refractivity contribution < 1.29 is 0 Å². The van der Waals surface area contributed by atoms with Crippen LogP contribution in [0.5, 0.6) is 0 Å². The first-order valence-corrected chi connectivity index (χ1v) is 22.4. The van der Waals surface area contributed by atoms with Crippen molar-refractivity contribution in [1.29, 1.82) is 0 Å². The van der Waals surface area contributed by atoms with Crippen molar-refractivity contribution in [3.8, 4) is 22.8 Å². The van der Waals surface area contributed by atoms with Gasteiger partial charge in [0.2, 0.25) is 5.95 Å². The summed E-state index contributed by atoms with van der Waals surface area (Å²) in [7, 11) is 0. The SMILES string of the molecule is c1ccc(-c2nc(-c3ccccc3)nc(N3c4ccc5ccccc5c4Sc4ccc5ccccc5c43)n2)cc1.c1ccc2c3c(ccc2c1)Sc1c(ccc2ccccc12)C3. The number of rotatable bonds is 3. The molecule has 4 nitrogen and oxygen atoms in total. The molecule has 292 valence electrons. The van der Waals surface area contributed by atoms with Crippen LogP contribution in [0.4, 0.5) is 17.3 Å². The lowest BCUT2D eigenvalue weighted by molar-refractivity contribution is 1.01. The third-order valence-electron chi connectivity index (χ3n) is 11.8. The highest BCUT2D eigenvalue weighted by Crippen LogP contribution is 2.55. The van der Waals surface area contributed by atoms with Gasteiger partial charge in [-0.2, -0.15) is 9.97 Å². The van der Waals surface area contributed by atoms with Gasteiger partial charge in [0.15, 0.2) is 11.6 Å². The van der Waals surface area contributed by atoms with Gasteiger partial charge in [-0.1, -0.05) is 212 Å². The fourth-order valence-electron chi connectivity index (χ4n) is 8.84. The molecule has 0 fully saturated rings. The molecule has 2 aliphatic rings. The molecular weight excluding hydrogens is 793 g/mol. The molecule has 62 heavy (non-hydrogen) atoms. The summed E-state index contributed by atoms with van der Waals surface area (Å²) < 4.78 is 0. The Morgan fingerprint density at radius 1 is 0.371 bits per heavy atom. The van der Waals surface area contributed by atoms with Gasteiger partial charge in [-0.25, -0.2) is 4.98 Å². The van der Waals surface area contributed by atoms with E-state index in [-0.39, 0.29) is 0 Å². The third-order valence-corrected chi connectivity index (χ3v) is 14.3. The second-order valence-electron chi connectivity index (χ2n) is 15.5. The van der Waals surface area contributed by atoms with Gasteiger partial charge in [0.25, 0.3) is 0 Å². The van der Waals surface area contributed by atoms with E-state index in [0.29, 0.717) is 17.6 Å². The minimum absolute atomic E-state index is 0.599. The summed E-state index contributed by atoms with van der Waals surface area (Å²) in [5.74, 6) is 1.89. The average molecular weight is 829 g/mol. The van der Waals surface area contributed by atoms with Crippen LogP contribution >= 0.6 is 23.5 Å². The molecule has 13 rings (SSSR count). The van der Waals surface area contributed by atoms with Crippen molar-refractivity contribution in [2.24, 2.45) is 0 Å². The Kier molecular flexibility index (Phi) is 9.05. The van der Waals surface area contributed by atoms with E-state index in [2.05, 4.69) is 150 Å². The van der Waals surface area contributed by atoms with Crippen LogP contribution in [-0.4, -0.2) is 15.0 Å². The molecule has 10 aromatic carbocycles. The molecule has 2 aliphatic heterocycles. The topological polar surface area (TPSA) is 41.9 Å². The number of anilines is 3. The molecular formula is C56H36N4S2. The highest BCUT2D eigenvalue weighted by Gasteiger charge is 2.31. The van der Waals surface area contributed by atoms with E-state index < -0.39 is 0 Å². The molecule has 0 N–H and O–H groups in total. The van der Waals surface area contributed by atoms with Crippen LogP contribution in [0.3, 0.4) is 0 Å². The van der Waals surface area contributed by atoms with Crippen LogP contribution in [0.1, 0.15) is 11.1 Å². The number of benzene rings is 10. The number of aromatic nitrogens is 3. The monoisotopic (exact) mass is 828 g/mol. The minimum Gasteiger partial charge on any atom is -0.276 e. The predicted molar refractivity (Wildman–Crippen MR) is 259 cm³/mol. The van der Waals surface area contributed by atoms with E-state index in [1.807, 2.05) is 84.2 Å². The first-order chi connectivity index (χ1) is 30.7. The fourth-order valence-corrected chi connectivity index (χ4v) is 11.3. The highest BCUT2D eigenvalue weighted by atomic mass is 32.2. The Balaban J connectivity index is 0.000000156. The van der Waals surface area contributed by atoms with Crippen LogP contribution < -0.4 is 4.90 Å². The summed E-state index contributed by atoms with van der Waals surface area (Å²) in [5, 5.41) is 10.2. The van der Waals surface area contributed by atoms with Crippen molar-refractivity contribution in [2.75, 3.05) is 4.90 Å². The van der Waals surface area contributed by atoms with Gasteiger partial charge in [0.1, 0.15) is 0 Å². The zero-order valence-electron chi connectivity index (χ0n) is 33.4. The maximum absolute atomic E-state index is 5.13. The van der Waals surface area contributed by atoms with E-state index in [0.717, 1.165) is 34.3 Å². The Bertz CT molecular complexity index is 3380. The summed E-state index contributed by atoms with van der Waals surface area (Å²) in [6.45, 7) is 0. The van der Waals surface area contributed by atoms with Crippen LogP contribution in [0.2, 0.25) is 0 Å². The molecule has 0 unspecified atom stereocenters. The van der Waals surface area contributed by atoms with Gasteiger partial charge in [-0.15, -0.1) is 0 Å². The molecule has 6 heteroatoms. The zero-order valence-corrected chi connectivity index (χ0v) is 35.1. The second kappa shape index (κ2) is 15.3. The minimum atomic E-state index is 0.599. The number of fused-ring (bicyclic) bond motifs is 12. The van der Waals surface area contributed by atoms with Crippen molar-refractivity contribution in [1.82, 2.24) is 15.0 Å². The van der Waals surface area contributed by atoms with Gasteiger partial charge >= 0.3 is 0 Å². The molecule has 3 heterocycles. The molecule has 0 saturated heterocycles. The highest BCUT2D eigenvalue weighted by molar-refractivity contribution is 8.00. The van der Waals surface area contributed by atoms with Gasteiger partial charge in [-0.05, 0) is 67.0 Å². The van der Waals surface area contributed by atoms with E-state index in [1.54, 1.807) is 0 Å². The Morgan fingerprint density at radius 3 is 1.48 bits per heavy atom. The summed E-state index contributed by atoms with van der Waals surface area (Å²) in [6.07, 6.45) is 1.03. The normalized spacial score (nSPS) is 12.6. The van der Waals surface area contributed by atoms with Crippen molar-refractivity contribution in [3.63, 3.8) is 0 Å². The van der Waals surface area contributed by atoms with Gasteiger partial charge in [-0.3, -0.25) is 4.90 Å². The molecule has 0 saturated carbocycles. The molecule has 0 amide bonds. The molecule has 0 aliphatic carbocycles. The van der Waals surface area contributed by atoms with Crippen LogP contribution in [0.15, 0.2) is 226 Å². The lowest BCUT2D eigenvalue weighted by Gasteiger charge is -2.33. The first kappa shape index (κ1) is 36.6. The molecule has 0 radical (unpaired) electrons. The third kappa shape index (κ3) is 6.38. The molecule has 0 atom stereocenters. The van der Waals surface area contributed by atoms with Gasteiger partial charge in [0, 0.05) is 42.5 Å². The van der Waals surface area contributed by atoms with Crippen LogP contribution in [0, 0.1) is 0 Å². The van der Waals surface area contributed by atoms with Crippen molar-refractivity contribution in [3.05, 3.63) is 217 Å². The molecule has 11 aromatic rings. The first-order valence-electron chi connectivity index (χ1n) is 20.8. The zero-order chi connectivity index (χ0) is 41.0. The molecule has 1 aromatic heterocycles. The van der Waals surface area contributed by atoms with Gasteiger partial charge < -0.3 is 0 Å². The van der Waals surface area contributed by atoms with Crippen molar-refractivity contribution >= 4 is 83.9 Å². The second-order valence-corrected chi connectivity index (χ2v) is 17.6.